The topological polar surface area (TPSA) is 39.2 Å². The van der Waals surface area contributed by atoms with Crippen molar-refractivity contribution >= 4 is 28.6 Å². The molecule has 3 nitrogen and oxygen atoms in total. The minimum absolute atomic E-state index is 0.121. The standard InChI is InChI=1S/C7H5FINO2/c1-12-7(11)4-2-5(8)6(9)10-3-4/h2-3H,1H3. The molecule has 0 saturated carbocycles. The highest BCUT2D eigenvalue weighted by Gasteiger charge is 2.08. The summed E-state index contributed by atoms with van der Waals surface area (Å²) in [4.78, 5) is 14.5. The molecule has 0 aliphatic heterocycles. The van der Waals surface area contributed by atoms with Crippen LogP contribution in [0, 0.1) is 9.52 Å². The number of pyridine rings is 1. The third-order valence-electron chi connectivity index (χ3n) is 1.22. The minimum atomic E-state index is -0.585. The highest BCUT2D eigenvalue weighted by Crippen LogP contribution is 2.09. The van der Waals surface area contributed by atoms with Gasteiger partial charge in [0.05, 0.1) is 12.7 Å². The maximum atomic E-state index is 12.8. The second-order valence-electron chi connectivity index (χ2n) is 1.99. The fourth-order valence-electron chi connectivity index (χ4n) is 0.651. The highest BCUT2D eigenvalue weighted by atomic mass is 127. The van der Waals surface area contributed by atoms with Crippen LogP contribution in [-0.4, -0.2) is 18.1 Å². The first kappa shape index (κ1) is 9.37. The van der Waals surface area contributed by atoms with Crippen LogP contribution < -0.4 is 0 Å². The van der Waals surface area contributed by atoms with Gasteiger partial charge in [0.1, 0.15) is 3.70 Å². The van der Waals surface area contributed by atoms with E-state index in [1.165, 1.54) is 13.3 Å². The Morgan fingerprint density at radius 3 is 2.92 bits per heavy atom. The molecular weight excluding hydrogens is 276 g/mol. The molecule has 0 radical (unpaired) electrons. The number of aromatic nitrogens is 1. The molecule has 0 amide bonds. The monoisotopic (exact) mass is 281 g/mol. The van der Waals surface area contributed by atoms with Crippen LogP contribution in [-0.2, 0) is 4.74 Å². The molecule has 0 bridgehead atoms. The van der Waals surface area contributed by atoms with E-state index in [0.29, 0.717) is 0 Å². The van der Waals surface area contributed by atoms with Gasteiger partial charge in [-0.05, 0) is 28.7 Å². The lowest BCUT2D eigenvalue weighted by atomic mass is 10.3. The first-order valence-corrected chi connectivity index (χ1v) is 4.12. The molecule has 0 fully saturated rings. The van der Waals surface area contributed by atoms with E-state index in [1.54, 1.807) is 22.6 Å². The Balaban J connectivity index is 3.05. The van der Waals surface area contributed by atoms with E-state index in [9.17, 15) is 9.18 Å². The fourth-order valence-corrected chi connectivity index (χ4v) is 0.946. The smallest absolute Gasteiger partial charge is 0.339 e. The van der Waals surface area contributed by atoms with Crippen LogP contribution in [0.25, 0.3) is 0 Å². The minimum Gasteiger partial charge on any atom is -0.465 e. The summed E-state index contributed by atoms with van der Waals surface area (Å²) >= 11 is 1.74. The van der Waals surface area contributed by atoms with Crippen LogP contribution >= 0.6 is 22.6 Å². The molecule has 1 heterocycles. The van der Waals surface area contributed by atoms with Crippen molar-refractivity contribution in [1.82, 2.24) is 4.98 Å². The average Bonchev–Trinajstić information content (AvgIpc) is 2.08. The summed E-state index contributed by atoms with van der Waals surface area (Å²) in [5.41, 5.74) is 0.121. The molecule has 1 aromatic rings. The molecule has 0 unspecified atom stereocenters. The zero-order chi connectivity index (χ0) is 9.14. The molecule has 1 aromatic heterocycles. The van der Waals surface area contributed by atoms with E-state index in [0.717, 1.165) is 6.07 Å². The average molecular weight is 281 g/mol. The third kappa shape index (κ3) is 1.90. The molecule has 0 aliphatic rings. The van der Waals surface area contributed by atoms with Crippen LogP contribution in [0.3, 0.4) is 0 Å². The lowest BCUT2D eigenvalue weighted by Gasteiger charge is -1.98. The summed E-state index contributed by atoms with van der Waals surface area (Å²) in [6, 6.07) is 1.10. The highest BCUT2D eigenvalue weighted by molar-refractivity contribution is 14.1. The first-order chi connectivity index (χ1) is 5.65. The number of hydrogen-bond donors (Lipinski definition) is 0. The van der Waals surface area contributed by atoms with Crippen LogP contribution in [0.4, 0.5) is 4.39 Å². The molecule has 0 atom stereocenters. The number of hydrogen-bond acceptors (Lipinski definition) is 3. The van der Waals surface area contributed by atoms with E-state index >= 15 is 0 Å². The van der Waals surface area contributed by atoms with Gasteiger partial charge in [-0.3, -0.25) is 0 Å². The second-order valence-corrected chi connectivity index (χ2v) is 3.01. The number of rotatable bonds is 1. The Bertz CT molecular complexity index is 316. The Morgan fingerprint density at radius 1 is 1.75 bits per heavy atom. The van der Waals surface area contributed by atoms with Gasteiger partial charge in [-0.25, -0.2) is 14.2 Å². The lowest BCUT2D eigenvalue weighted by molar-refractivity contribution is 0.0599. The van der Waals surface area contributed by atoms with Crippen molar-refractivity contribution in [3.8, 4) is 0 Å². The Morgan fingerprint density at radius 2 is 2.42 bits per heavy atom. The van der Waals surface area contributed by atoms with Crippen molar-refractivity contribution in [3.63, 3.8) is 0 Å². The normalized spacial score (nSPS) is 9.58. The van der Waals surface area contributed by atoms with E-state index in [4.69, 9.17) is 0 Å². The van der Waals surface area contributed by atoms with E-state index in [-0.39, 0.29) is 9.26 Å². The third-order valence-corrected chi connectivity index (χ3v) is 2.01. The van der Waals surface area contributed by atoms with Gasteiger partial charge in [0.2, 0.25) is 0 Å². The summed E-state index contributed by atoms with van der Waals surface area (Å²) in [7, 11) is 1.23. The predicted octanol–water partition coefficient (Wildman–Crippen LogP) is 1.61. The van der Waals surface area contributed by atoms with Crippen molar-refractivity contribution in [2.24, 2.45) is 0 Å². The maximum Gasteiger partial charge on any atom is 0.339 e. The number of halogens is 2. The van der Waals surface area contributed by atoms with E-state index in [2.05, 4.69) is 9.72 Å². The molecule has 12 heavy (non-hydrogen) atoms. The summed E-state index contributed by atoms with van der Waals surface area (Å²) < 4.78 is 17.4. The summed E-state index contributed by atoms with van der Waals surface area (Å²) in [6.45, 7) is 0. The molecule has 0 N–H and O–H groups in total. The quantitative estimate of drug-likeness (QED) is 0.446. The molecule has 0 aromatic carbocycles. The molecule has 0 spiro atoms. The Kier molecular flexibility index (Phi) is 2.96. The van der Waals surface area contributed by atoms with Gasteiger partial charge in [0, 0.05) is 6.20 Å². The van der Waals surface area contributed by atoms with Gasteiger partial charge in [-0.15, -0.1) is 0 Å². The van der Waals surface area contributed by atoms with Crippen molar-refractivity contribution in [2.75, 3.05) is 7.11 Å². The van der Waals surface area contributed by atoms with Crippen molar-refractivity contribution in [1.29, 1.82) is 0 Å². The summed E-state index contributed by atoms with van der Waals surface area (Å²) in [6.07, 6.45) is 1.27. The first-order valence-electron chi connectivity index (χ1n) is 3.04. The molecule has 0 aliphatic carbocycles. The van der Waals surface area contributed by atoms with Crippen LogP contribution in [0.1, 0.15) is 10.4 Å². The van der Waals surface area contributed by atoms with Gasteiger partial charge >= 0.3 is 5.97 Å². The maximum absolute atomic E-state index is 12.8. The van der Waals surface area contributed by atoms with Crippen molar-refractivity contribution in [3.05, 3.63) is 27.3 Å². The van der Waals surface area contributed by atoms with Crippen molar-refractivity contribution < 1.29 is 13.9 Å². The fraction of sp³-hybridized carbons (Fsp3) is 0.143. The van der Waals surface area contributed by atoms with Crippen LogP contribution in [0.15, 0.2) is 12.3 Å². The number of nitrogens with zero attached hydrogens (tertiary/aromatic N) is 1. The zero-order valence-corrected chi connectivity index (χ0v) is 8.33. The largest absolute Gasteiger partial charge is 0.465 e. The van der Waals surface area contributed by atoms with Gasteiger partial charge in [0.25, 0.3) is 0 Å². The molecule has 64 valence electrons. The van der Waals surface area contributed by atoms with Crippen LogP contribution in [0.2, 0.25) is 0 Å². The zero-order valence-electron chi connectivity index (χ0n) is 6.17. The second kappa shape index (κ2) is 3.79. The number of carbonyl (C=O) groups excluding carboxylic acids is 1. The number of esters is 1. The Labute approximate surface area is 82.1 Å². The van der Waals surface area contributed by atoms with Crippen molar-refractivity contribution in [2.45, 2.75) is 0 Å². The molecule has 5 heteroatoms. The van der Waals surface area contributed by atoms with Gasteiger partial charge in [-0.1, -0.05) is 0 Å². The number of ether oxygens (including phenoxy) is 1. The SMILES string of the molecule is COC(=O)c1cnc(I)c(F)c1. The molecule has 0 saturated heterocycles. The molecule has 1 rings (SSSR count). The number of carbonyl (C=O) groups is 1. The lowest BCUT2D eigenvalue weighted by Crippen LogP contribution is -2.03. The van der Waals surface area contributed by atoms with Crippen LogP contribution in [0.5, 0.6) is 0 Å². The van der Waals surface area contributed by atoms with E-state index < -0.39 is 11.8 Å². The van der Waals surface area contributed by atoms with E-state index in [1.807, 2.05) is 0 Å². The van der Waals surface area contributed by atoms with Gasteiger partial charge in [0.15, 0.2) is 5.82 Å². The van der Waals surface area contributed by atoms with Gasteiger partial charge in [-0.2, -0.15) is 0 Å². The summed E-state index contributed by atoms with van der Waals surface area (Å²) in [5.74, 6) is -1.10. The predicted molar refractivity (Wildman–Crippen MR) is 48.3 cm³/mol. The summed E-state index contributed by atoms with van der Waals surface area (Å²) in [5, 5.41) is 0. The molecular formula is C7H5FINO2. The van der Waals surface area contributed by atoms with Gasteiger partial charge < -0.3 is 4.74 Å². The Hall–Kier alpha value is -0.720. The number of methoxy groups -OCH3 is 1.